The maximum absolute atomic E-state index is 12.7. The molecule has 0 aliphatic carbocycles. The number of sulfone groups is 1. The van der Waals surface area contributed by atoms with Gasteiger partial charge in [-0.15, -0.1) is 11.3 Å². The van der Waals surface area contributed by atoms with Gasteiger partial charge in [0.2, 0.25) is 5.91 Å². The van der Waals surface area contributed by atoms with E-state index >= 15 is 0 Å². The number of nitrogens with zero attached hydrogens (tertiary/aromatic N) is 2. The van der Waals surface area contributed by atoms with Crippen molar-refractivity contribution < 1.29 is 13.2 Å². The summed E-state index contributed by atoms with van der Waals surface area (Å²) in [4.78, 5) is 17.9. The van der Waals surface area contributed by atoms with E-state index in [-0.39, 0.29) is 29.5 Å². The smallest absolute Gasteiger partial charge is 0.239 e. The van der Waals surface area contributed by atoms with Crippen molar-refractivity contribution in [1.29, 1.82) is 0 Å². The highest BCUT2D eigenvalue weighted by atomic mass is 32.2. The van der Waals surface area contributed by atoms with E-state index in [0.29, 0.717) is 6.42 Å². The lowest BCUT2D eigenvalue weighted by atomic mass is 10.1. The quantitative estimate of drug-likeness (QED) is 0.827. The summed E-state index contributed by atoms with van der Waals surface area (Å²) in [7, 11) is -1.22. The summed E-state index contributed by atoms with van der Waals surface area (Å²) in [6, 6.07) is 1.76. The van der Waals surface area contributed by atoms with Gasteiger partial charge in [-0.25, -0.2) is 8.42 Å². The van der Waals surface area contributed by atoms with Crippen LogP contribution >= 0.6 is 11.3 Å². The Kier molecular flexibility index (Phi) is 4.31. The minimum absolute atomic E-state index is 0.0285. The molecule has 0 N–H and O–H groups in total. The molecule has 2 aliphatic rings. The number of rotatable bonds is 3. The van der Waals surface area contributed by atoms with E-state index < -0.39 is 9.84 Å². The van der Waals surface area contributed by atoms with Crippen LogP contribution in [0, 0.1) is 0 Å². The maximum Gasteiger partial charge on any atom is 0.239 e. The molecule has 122 valence electrons. The molecule has 0 bridgehead atoms. The fourth-order valence-corrected chi connectivity index (χ4v) is 5.98. The highest BCUT2D eigenvalue weighted by Crippen LogP contribution is 2.26. The van der Waals surface area contributed by atoms with Crippen molar-refractivity contribution in [3.8, 4) is 0 Å². The summed E-state index contributed by atoms with van der Waals surface area (Å²) in [6.07, 6.45) is 1.55. The Hall–Kier alpha value is -0.920. The van der Waals surface area contributed by atoms with Gasteiger partial charge in [-0.3, -0.25) is 9.69 Å². The molecule has 0 saturated carbocycles. The van der Waals surface area contributed by atoms with Crippen LogP contribution < -0.4 is 0 Å². The second-order valence-corrected chi connectivity index (χ2v) is 9.50. The van der Waals surface area contributed by atoms with Gasteiger partial charge in [-0.1, -0.05) is 0 Å². The molecule has 3 rings (SSSR count). The number of fused-ring (bicyclic) bond motifs is 1. The van der Waals surface area contributed by atoms with Crippen molar-refractivity contribution in [3.63, 3.8) is 0 Å². The van der Waals surface area contributed by atoms with E-state index in [1.54, 1.807) is 23.3 Å². The van der Waals surface area contributed by atoms with Crippen LogP contribution in [0.25, 0.3) is 0 Å². The maximum atomic E-state index is 12.7. The molecule has 2 aliphatic heterocycles. The minimum Gasteiger partial charge on any atom is -0.340 e. The molecular weight excluding hydrogens is 320 g/mol. The largest absolute Gasteiger partial charge is 0.340 e. The van der Waals surface area contributed by atoms with Crippen LogP contribution in [-0.2, 0) is 27.6 Å². The van der Waals surface area contributed by atoms with E-state index in [0.717, 1.165) is 19.5 Å². The number of hydrogen-bond donors (Lipinski definition) is 0. The predicted molar refractivity (Wildman–Crippen MR) is 87.7 cm³/mol. The molecule has 2 unspecified atom stereocenters. The monoisotopic (exact) mass is 342 g/mol. The molecule has 5 nitrogen and oxygen atoms in total. The first-order chi connectivity index (χ1) is 10.4. The number of carbonyl (C=O) groups is 1. The van der Waals surface area contributed by atoms with E-state index in [1.807, 2.05) is 6.92 Å². The molecular formula is C15H22N2O3S2. The Balaban J connectivity index is 1.65. The molecule has 7 heteroatoms. The Labute approximate surface area is 135 Å². The van der Waals surface area contributed by atoms with Gasteiger partial charge >= 0.3 is 0 Å². The van der Waals surface area contributed by atoms with Gasteiger partial charge in [0.1, 0.15) is 0 Å². The molecule has 1 aromatic rings. The lowest BCUT2D eigenvalue weighted by molar-refractivity contribution is -0.137. The van der Waals surface area contributed by atoms with E-state index in [9.17, 15) is 13.2 Å². The average Bonchev–Trinajstić information content (AvgIpc) is 3.09. The van der Waals surface area contributed by atoms with Crippen molar-refractivity contribution >= 4 is 27.1 Å². The lowest BCUT2D eigenvalue weighted by Crippen LogP contribution is -2.50. The Bertz CT molecular complexity index is 668. The van der Waals surface area contributed by atoms with Crippen LogP contribution in [0.5, 0.6) is 0 Å². The Morgan fingerprint density at radius 3 is 2.95 bits per heavy atom. The van der Waals surface area contributed by atoms with Gasteiger partial charge in [0.25, 0.3) is 0 Å². The van der Waals surface area contributed by atoms with Crippen molar-refractivity contribution in [3.05, 3.63) is 21.9 Å². The number of hydrogen-bond acceptors (Lipinski definition) is 5. The Morgan fingerprint density at radius 2 is 2.27 bits per heavy atom. The van der Waals surface area contributed by atoms with Crippen molar-refractivity contribution in [1.82, 2.24) is 9.80 Å². The van der Waals surface area contributed by atoms with Gasteiger partial charge in [0.05, 0.1) is 17.5 Å². The van der Waals surface area contributed by atoms with Crippen LogP contribution in [0.1, 0.15) is 23.8 Å². The molecule has 2 atom stereocenters. The zero-order valence-electron chi connectivity index (χ0n) is 13.0. The standard InChI is InChI=1S/C15H22N2O3S2/c1-11(17-6-3-14-12(9-17)4-7-21-14)15(18)16(2)13-5-8-22(19,20)10-13/h4,7,11,13H,3,5-6,8-10H2,1-2H3. The van der Waals surface area contributed by atoms with Crippen molar-refractivity contribution in [2.24, 2.45) is 0 Å². The van der Waals surface area contributed by atoms with E-state index in [2.05, 4.69) is 16.3 Å². The summed E-state index contributed by atoms with van der Waals surface area (Å²) >= 11 is 1.79. The van der Waals surface area contributed by atoms with Crippen LogP contribution in [-0.4, -0.2) is 61.3 Å². The summed E-state index contributed by atoms with van der Waals surface area (Å²) in [6.45, 7) is 3.62. The number of carbonyl (C=O) groups excluding carboxylic acids is 1. The highest BCUT2D eigenvalue weighted by Gasteiger charge is 2.35. The molecule has 1 fully saturated rings. The fraction of sp³-hybridized carbons (Fsp3) is 0.667. The third-order valence-electron chi connectivity index (χ3n) is 4.85. The lowest BCUT2D eigenvalue weighted by Gasteiger charge is -2.35. The summed E-state index contributed by atoms with van der Waals surface area (Å²) in [5, 5.41) is 2.11. The first-order valence-electron chi connectivity index (χ1n) is 7.64. The van der Waals surface area contributed by atoms with Crippen LogP contribution in [0.3, 0.4) is 0 Å². The first-order valence-corrected chi connectivity index (χ1v) is 10.3. The second kappa shape index (κ2) is 5.94. The Morgan fingerprint density at radius 1 is 1.50 bits per heavy atom. The number of amides is 1. The molecule has 0 aromatic carbocycles. The first kappa shape index (κ1) is 16.0. The molecule has 0 radical (unpaired) electrons. The minimum atomic E-state index is -2.96. The van der Waals surface area contributed by atoms with Crippen molar-refractivity contribution in [2.75, 3.05) is 25.1 Å². The molecule has 3 heterocycles. The van der Waals surface area contributed by atoms with Gasteiger partial charge in [0, 0.05) is 31.1 Å². The molecule has 1 aromatic heterocycles. The second-order valence-electron chi connectivity index (χ2n) is 6.27. The van der Waals surface area contributed by atoms with Crippen LogP contribution in [0.4, 0.5) is 0 Å². The highest BCUT2D eigenvalue weighted by molar-refractivity contribution is 7.91. The van der Waals surface area contributed by atoms with Gasteiger partial charge < -0.3 is 4.90 Å². The summed E-state index contributed by atoms with van der Waals surface area (Å²) in [5.41, 5.74) is 1.32. The van der Waals surface area contributed by atoms with Gasteiger partial charge in [-0.05, 0) is 36.8 Å². The molecule has 22 heavy (non-hydrogen) atoms. The SMILES string of the molecule is CC(C(=O)N(C)C1CCS(=O)(=O)C1)N1CCc2sccc2C1. The summed E-state index contributed by atoms with van der Waals surface area (Å²) in [5.74, 6) is 0.336. The molecule has 1 saturated heterocycles. The number of likely N-dealkylation sites (N-methyl/N-ethyl adjacent to an activating group) is 1. The topological polar surface area (TPSA) is 57.7 Å². The third-order valence-corrected chi connectivity index (χ3v) is 7.62. The number of thiophene rings is 1. The zero-order chi connectivity index (χ0) is 15.9. The van der Waals surface area contributed by atoms with E-state index in [4.69, 9.17) is 0 Å². The summed E-state index contributed by atoms with van der Waals surface area (Å²) < 4.78 is 23.2. The zero-order valence-corrected chi connectivity index (χ0v) is 14.6. The van der Waals surface area contributed by atoms with E-state index in [1.165, 1.54) is 10.4 Å². The normalized spacial score (nSPS) is 25.6. The van der Waals surface area contributed by atoms with Crippen molar-refractivity contribution in [2.45, 2.75) is 38.4 Å². The third kappa shape index (κ3) is 3.07. The predicted octanol–water partition coefficient (Wildman–Crippen LogP) is 1.14. The van der Waals surface area contributed by atoms with Gasteiger partial charge in [-0.2, -0.15) is 0 Å². The molecule has 1 amide bonds. The van der Waals surface area contributed by atoms with Crippen LogP contribution in [0.15, 0.2) is 11.4 Å². The average molecular weight is 342 g/mol. The molecule has 0 spiro atoms. The van der Waals surface area contributed by atoms with Gasteiger partial charge in [0.15, 0.2) is 9.84 Å². The van der Waals surface area contributed by atoms with Crippen LogP contribution in [0.2, 0.25) is 0 Å². The fourth-order valence-electron chi connectivity index (χ4n) is 3.31.